The smallest absolute Gasteiger partial charge is 0.313 e. The number of nitrogens with one attached hydrogen (secondary N) is 3. The molecule has 0 radical (unpaired) electrons. The van der Waals surface area contributed by atoms with E-state index >= 15 is 0 Å². The molecule has 0 aliphatic carbocycles. The van der Waals surface area contributed by atoms with E-state index in [9.17, 15) is 14.4 Å². The van der Waals surface area contributed by atoms with E-state index in [0.29, 0.717) is 0 Å². The topological polar surface area (TPSA) is 118 Å². The molecule has 3 N–H and O–H groups in total. The van der Waals surface area contributed by atoms with Gasteiger partial charge in [0.25, 0.3) is 0 Å². The summed E-state index contributed by atoms with van der Waals surface area (Å²) in [5.41, 5.74) is -3.23. The van der Waals surface area contributed by atoms with Crippen LogP contribution in [0.15, 0.2) is 0 Å². The van der Waals surface area contributed by atoms with Gasteiger partial charge in [-0.3, -0.25) is 19.3 Å². The summed E-state index contributed by atoms with van der Waals surface area (Å²) in [6, 6.07) is -1.22. The molecule has 0 aromatic rings. The van der Waals surface area contributed by atoms with Crippen LogP contribution in [0.2, 0.25) is 0 Å². The van der Waals surface area contributed by atoms with Crippen LogP contribution in [0.4, 0.5) is 0 Å². The fraction of sp³-hybridized carbons (Fsp3) is 0.923. The van der Waals surface area contributed by atoms with E-state index in [1.165, 1.54) is 0 Å². The lowest BCUT2D eigenvalue weighted by atomic mass is 9.74. The Morgan fingerprint density at radius 1 is 0.531 bits per heavy atom. The first kappa shape index (κ1) is 41.7. The van der Waals surface area contributed by atoms with Crippen LogP contribution < -0.4 is 16.0 Å². The summed E-state index contributed by atoms with van der Waals surface area (Å²) < 4.78 is 18.7. The van der Waals surface area contributed by atoms with Gasteiger partial charge in [-0.2, -0.15) is 0 Å². The molecule has 6 atom stereocenters. The van der Waals surface area contributed by atoms with Gasteiger partial charge in [-0.1, -0.05) is 0 Å². The van der Waals surface area contributed by atoms with Crippen LogP contribution in [0.25, 0.3) is 0 Å². The van der Waals surface area contributed by atoms with Crippen molar-refractivity contribution in [1.29, 1.82) is 0 Å². The van der Waals surface area contributed by atoms with Crippen LogP contribution in [0.3, 0.4) is 0 Å². The fourth-order valence-electron chi connectivity index (χ4n) is 7.79. The monoisotopic (exact) mass is 693 g/mol. The predicted molar refractivity (Wildman–Crippen MR) is 195 cm³/mol. The molecule has 3 fully saturated rings. The normalized spacial score (nSPS) is 27.8. The number of rotatable bonds is 12. The second-order valence-electron chi connectivity index (χ2n) is 19.1. The highest BCUT2D eigenvalue weighted by Crippen LogP contribution is 2.41. The van der Waals surface area contributed by atoms with Crippen LogP contribution in [0, 0.1) is 16.2 Å². The highest BCUT2D eigenvalue weighted by molar-refractivity contribution is 5.79. The molecule has 3 heterocycles. The number of hydrogen-bond acceptors (Lipinski definition) is 10. The van der Waals surface area contributed by atoms with Crippen molar-refractivity contribution >= 4 is 17.9 Å². The first-order chi connectivity index (χ1) is 22.2. The summed E-state index contributed by atoms with van der Waals surface area (Å²) in [4.78, 5) is 44.4. The lowest BCUT2D eigenvalue weighted by Crippen LogP contribution is -2.63. The van der Waals surface area contributed by atoms with Gasteiger partial charge >= 0.3 is 17.9 Å². The molecule has 10 heteroatoms. The SMILES string of the molecule is CC(N(C(C)C(C)(C)C(=O)OC1CCNC(C)(C)C1)C(C)C(C)(C)C(=O)OC1CCNC(C)(C)C1)C(C)(C)C(=O)OC1CCNC(C)(C)C1. The molecule has 49 heavy (non-hydrogen) atoms. The maximum atomic E-state index is 14.1. The second kappa shape index (κ2) is 15.1. The summed E-state index contributed by atoms with van der Waals surface area (Å²) in [7, 11) is 0. The largest absolute Gasteiger partial charge is 0.462 e. The van der Waals surface area contributed by atoms with Crippen molar-refractivity contribution in [1.82, 2.24) is 20.9 Å². The van der Waals surface area contributed by atoms with Crippen molar-refractivity contribution in [3.05, 3.63) is 0 Å². The van der Waals surface area contributed by atoms with Gasteiger partial charge in [-0.15, -0.1) is 0 Å². The van der Waals surface area contributed by atoms with Crippen LogP contribution in [-0.4, -0.2) is 95.5 Å². The van der Waals surface area contributed by atoms with Gasteiger partial charge in [-0.05, 0) is 143 Å². The Balaban J connectivity index is 1.93. The molecule has 0 spiro atoms. The van der Waals surface area contributed by atoms with Crippen LogP contribution in [0.5, 0.6) is 0 Å². The Kier molecular flexibility index (Phi) is 12.8. The number of carbonyl (C=O) groups is 3. The molecule has 3 saturated heterocycles. The Labute approximate surface area is 298 Å². The van der Waals surface area contributed by atoms with Gasteiger partial charge in [0.05, 0.1) is 16.2 Å². The van der Waals surface area contributed by atoms with Crippen molar-refractivity contribution < 1.29 is 28.6 Å². The molecule has 3 aliphatic heterocycles. The van der Waals surface area contributed by atoms with E-state index < -0.39 is 34.4 Å². The minimum Gasteiger partial charge on any atom is -0.462 e. The highest BCUT2D eigenvalue weighted by Gasteiger charge is 2.53. The molecule has 0 aromatic heterocycles. The number of piperidine rings is 3. The minimum atomic E-state index is -0.963. The molecule has 10 nitrogen and oxygen atoms in total. The van der Waals surface area contributed by atoms with Crippen LogP contribution in [0.1, 0.15) is 142 Å². The fourth-order valence-corrected chi connectivity index (χ4v) is 7.79. The molecule has 6 unspecified atom stereocenters. The van der Waals surface area contributed by atoms with Crippen LogP contribution in [-0.2, 0) is 28.6 Å². The van der Waals surface area contributed by atoms with E-state index in [2.05, 4.69) is 62.4 Å². The number of hydrogen-bond donors (Lipinski definition) is 3. The van der Waals surface area contributed by atoms with E-state index in [-0.39, 0.29) is 52.8 Å². The summed E-state index contributed by atoms with van der Waals surface area (Å²) in [5.74, 6) is -0.829. The lowest BCUT2D eigenvalue weighted by molar-refractivity contribution is -0.178. The molecule has 0 amide bonds. The summed E-state index contributed by atoms with van der Waals surface area (Å²) in [5, 5.41) is 10.5. The third-order valence-electron chi connectivity index (χ3n) is 12.3. The average molecular weight is 693 g/mol. The molecule has 0 aromatic carbocycles. The van der Waals surface area contributed by atoms with E-state index in [1.54, 1.807) is 0 Å². The molecule has 0 saturated carbocycles. The van der Waals surface area contributed by atoms with Gasteiger partial charge in [0.15, 0.2) is 0 Å². The second-order valence-corrected chi connectivity index (χ2v) is 19.1. The van der Waals surface area contributed by atoms with Gasteiger partial charge in [0.2, 0.25) is 0 Å². The molecular formula is C39H72N4O6. The zero-order valence-corrected chi connectivity index (χ0v) is 33.7. The number of esters is 3. The minimum absolute atomic E-state index is 0.115. The van der Waals surface area contributed by atoms with Crippen LogP contribution >= 0.6 is 0 Å². The predicted octanol–water partition coefficient (Wildman–Crippen LogP) is 5.75. The van der Waals surface area contributed by atoms with Crippen molar-refractivity contribution in [2.75, 3.05) is 19.6 Å². The van der Waals surface area contributed by atoms with Gasteiger partial charge in [-0.25, -0.2) is 0 Å². The standard InChI is InChI=1S/C39H72N4O6/c1-25(37(10,11)31(44)47-28-16-19-40-34(4,5)22-28)43(26(2)38(12,13)32(45)48-29-17-20-41-35(6,7)23-29)27(3)39(14,15)33(46)49-30-18-21-42-36(8,9)24-30/h25-30,40-42H,16-24H2,1-15H3. The molecule has 0 bridgehead atoms. The van der Waals surface area contributed by atoms with Gasteiger partial charge < -0.3 is 30.2 Å². The van der Waals surface area contributed by atoms with Crippen molar-refractivity contribution in [3.63, 3.8) is 0 Å². The van der Waals surface area contributed by atoms with E-state index in [0.717, 1.165) is 58.2 Å². The maximum absolute atomic E-state index is 14.1. The highest BCUT2D eigenvalue weighted by atomic mass is 16.6. The zero-order valence-electron chi connectivity index (χ0n) is 33.7. The summed E-state index contributed by atoms with van der Waals surface area (Å²) in [6.07, 6.45) is 3.94. The first-order valence-electron chi connectivity index (χ1n) is 18.9. The van der Waals surface area contributed by atoms with Crippen molar-refractivity contribution in [3.8, 4) is 0 Å². The number of ether oxygens (including phenoxy) is 3. The van der Waals surface area contributed by atoms with Gasteiger partial charge in [0.1, 0.15) is 18.3 Å². The number of carbonyl (C=O) groups excluding carboxylic acids is 3. The Morgan fingerprint density at radius 2 is 0.755 bits per heavy atom. The van der Waals surface area contributed by atoms with E-state index in [4.69, 9.17) is 14.2 Å². The van der Waals surface area contributed by atoms with Crippen molar-refractivity contribution in [2.45, 2.75) is 195 Å². The Morgan fingerprint density at radius 3 is 0.959 bits per heavy atom. The molecule has 3 rings (SSSR count). The third-order valence-corrected chi connectivity index (χ3v) is 12.3. The molecule has 284 valence electrons. The van der Waals surface area contributed by atoms with E-state index in [1.807, 2.05) is 62.3 Å². The average Bonchev–Trinajstić information content (AvgIpc) is 2.95. The summed E-state index contributed by atoms with van der Waals surface area (Å²) in [6.45, 7) is 32.7. The quantitative estimate of drug-likeness (QED) is 0.172. The molecular weight excluding hydrogens is 620 g/mol. The van der Waals surface area contributed by atoms with Crippen molar-refractivity contribution in [2.24, 2.45) is 16.2 Å². The summed E-state index contributed by atoms with van der Waals surface area (Å²) >= 11 is 0. The Bertz CT molecular complexity index is 1040. The number of nitrogens with zero attached hydrogens (tertiary/aromatic N) is 1. The maximum Gasteiger partial charge on any atom is 0.313 e. The van der Waals surface area contributed by atoms with Gasteiger partial charge in [0, 0.05) is 54.0 Å². The first-order valence-corrected chi connectivity index (χ1v) is 18.9. The Hall–Kier alpha value is -1.75. The lowest BCUT2D eigenvalue weighted by Gasteiger charge is -2.52. The zero-order chi connectivity index (χ0) is 37.4. The molecule has 3 aliphatic rings. The third kappa shape index (κ3) is 10.2.